The number of aromatic nitrogens is 2. The molecule has 20 heavy (non-hydrogen) atoms. The molecule has 6 heteroatoms. The summed E-state index contributed by atoms with van der Waals surface area (Å²) in [6.07, 6.45) is 2.61. The number of halogens is 1. The van der Waals surface area contributed by atoms with Crippen molar-refractivity contribution in [2.45, 2.75) is 18.9 Å². The molecule has 1 aliphatic heterocycles. The molecule has 2 heterocycles. The molecular weight excluding hydrogens is 322 g/mol. The van der Waals surface area contributed by atoms with Crippen LogP contribution in [0.3, 0.4) is 0 Å². The van der Waals surface area contributed by atoms with Gasteiger partial charge in [-0.2, -0.15) is 5.10 Å². The number of carbonyl (C=O) groups excluding carboxylic acids is 2. The Balaban J connectivity index is 1.87. The van der Waals surface area contributed by atoms with Crippen LogP contribution in [0.1, 0.15) is 18.9 Å². The van der Waals surface area contributed by atoms with Crippen molar-refractivity contribution in [2.75, 3.05) is 0 Å². The first-order chi connectivity index (χ1) is 9.63. The van der Waals surface area contributed by atoms with Crippen LogP contribution in [-0.2, 0) is 9.59 Å². The number of benzene rings is 1. The van der Waals surface area contributed by atoms with Crippen LogP contribution >= 0.6 is 15.9 Å². The summed E-state index contributed by atoms with van der Waals surface area (Å²) in [5.41, 5.74) is 1.78. The van der Waals surface area contributed by atoms with E-state index in [0.717, 1.165) is 15.7 Å². The average molecular weight is 334 g/mol. The Morgan fingerprint density at radius 3 is 2.90 bits per heavy atom. The Labute approximate surface area is 124 Å². The van der Waals surface area contributed by atoms with Gasteiger partial charge in [-0.3, -0.25) is 19.6 Å². The first-order valence-electron chi connectivity index (χ1n) is 6.28. The van der Waals surface area contributed by atoms with Crippen LogP contribution in [0.4, 0.5) is 0 Å². The molecule has 0 radical (unpaired) electrons. The zero-order chi connectivity index (χ0) is 14.1. The molecule has 3 rings (SSSR count). The minimum Gasteiger partial charge on any atom is -0.295 e. The third kappa shape index (κ3) is 2.51. The fraction of sp³-hybridized carbons (Fsp3) is 0.214. The van der Waals surface area contributed by atoms with E-state index < -0.39 is 6.04 Å². The highest BCUT2D eigenvalue weighted by molar-refractivity contribution is 9.10. The molecule has 0 saturated carbocycles. The smallest absolute Gasteiger partial charge is 0.251 e. The summed E-state index contributed by atoms with van der Waals surface area (Å²) < 4.78 is 2.60. The lowest BCUT2D eigenvalue weighted by atomic mass is 10.1. The monoisotopic (exact) mass is 333 g/mol. The lowest BCUT2D eigenvalue weighted by Crippen LogP contribution is -2.41. The van der Waals surface area contributed by atoms with E-state index in [9.17, 15) is 9.59 Å². The van der Waals surface area contributed by atoms with E-state index in [-0.39, 0.29) is 11.8 Å². The molecule has 5 nitrogen and oxygen atoms in total. The third-order valence-electron chi connectivity index (χ3n) is 3.26. The first-order valence-corrected chi connectivity index (χ1v) is 7.07. The highest BCUT2D eigenvalue weighted by Gasteiger charge is 2.28. The number of nitrogens with one attached hydrogen (secondary N) is 1. The topological polar surface area (TPSA) is 64.0 Å². The Morgan fingerprint density at radius 1 is 1.30 bits per heavy atom. The van der Waals surface area contributed by atoms with Crippen molar-refractivity contribution in [3.05, 3.63) is 41.0 Å². The molecule has 0 spiro atoms. The van der Waals surface area contributed by atoms with Crippen molar-refractivity contribution in [1.82, 2.24) is 15.1 Å². The number of piperidine rings is 1. The van der Waals surface area contributed by atoms with Crippen LogP contribution in [-0.4, -0.2) is 21.6 Å². The zero-order valence-corrected chi connectivity index (χ0v) is 12.1. The van der Waals surface area contributed by atoms with Crippen molar-refractivity contribution in [3.8, 4) is 11.3 Å². The van der Waals surface area contributed by atoms with Crippen LogP contribution < -0.4 is 5.32 Å². The molecule has 1 aromatic heterocycles. The fourth-order valence-corrected chi connectivity index (χ4v) is 2.65. The van der Waals surface area contributed by atoms with Gasteiger partial charge in [-0.25, -0.2) is 0 Å². The maximum Gasteiger partial charge on any atom is 0.251 e. The molecule has 1 N–H and O–H groups in total. The highest BCUT2D eigenvalue weighted by Crippen LogP contribution is 2.24. The largest absolute Gasteiger partial charge is 0.295 e. The molecule has 0 aliphatic carbocycles. The molecule has 2 aromatic rings. The predicted octanol–water partition coefficient (Wildman–Crippen LogP) is 2.29. The second-order valence-electron chi connectivity index (χ2n) is 4.66. The number of imide groups is 1. The SMILES string of the molecule is O=C1CCC(n2ccc(-c3cccc(Br)c3)n2)C(=O)N1. The fourth-order valence-electron chi connectivity index (χ4n) is 2.25. The number of hydrogen-bond donors (Lipinski definition) is 1. The van der Waals surface area contributed by atoms with Gasteiger partial charge in [0, 0.05) is 22.7 Å². The lowest BCUT2D eigenvalue weighted by molar-refractivity contribution is -0.135. The third-order valence-corrected chi connectivity index (χ3v) is 3.75. The summed E-state index contributed by atoms with van der Waals surface area (Å²) >= 11 is 3.42. The van der Waals surface area contributed by atoms with Crippen molar-refractivity contribution >= 4 is 27.7 Å². The van der Waals surface area contributed by atoms with Gasteiger partial charge in [-0.15, -0.1) is 0 Å². The number of amides is 2. The molecule has 1 unspecified atom stereocenters. The van der Waals surface area contributed by atoms with Crippen LogP contribution in [0.2, 0.25) is 0 Å². The number of hydrogen-bond acceptors (Lipinski definition) is 3. The highest BCUT2D eigenvalue weighted by atomic mass is 79.9. The predicted molar refractivity (Wildman–Crippen MR) is 76.8 cm³/mol. The zero-order valence-electron chi connectivity index (χ0n) is 10.5. The standard InChI is InChI=1S/C14H12BrN3O2/c15-10-3-1-2-9(8-10)11-6-7-18(17-11)12-4-5-13(19)16-14(12)20/h1-3,6-8,12H,4-5H2,(H,16,19,20). The molecule has 1 saturated heterocycles. The van der Waals surface area contributed by atoms with Crippen LogP contribution in [0, 0.1) is 0 Å². The Morgan fingerprint density at radius 2 is 2.15 bits per heavy atom. The van der Waals surface area contributed by atoms with Crippen molar-refractivity contribution in [1.29, 1.82) is 0 Å². The summed E-state index contributed by atoms with van der Waals surface area (Å²) in [6.45, 7) is 0. The first kappa shape index (κ1) is 13.1. The van der Waals surface area contributed by atoms with Gasteiger partial charge in [0.25, 0.3) is 5.91 Å². The maximum absolute atomic E-state index is 11.8. The Hall–Kier alpha value is -1.95. The summed E-state index contributed by atoms with van der Waals surface area (Å²) in [6, 6.07) is 9.27. The quantitative estimate of drug-likeness (QED) is 0.857. The Kier molecular flexibility index (Phi) is 3.40. The van der Waals surface area contributed by atoms with E-state index in [4.69, 9.17) is 0 Å². The molecule has 102 valence electrons. The van der Waals surface area contributed by atoms with Crippen LogP contribution in [0.25, 0.3) is 11.3 Å². The molecule has 2 amide bonds. The number of nitrogens with zero attached hydrogens (tertiary/aromatic N) is 2. The van der Waals surface area contributed by atoms with Gasteiger partial charge in [0.15, 0.2) is 0 Å². The van der Waals surface area contributed by atoms with Gasteiger partial charge in [-0.1, -0.05) is 28.1 Å². The maximum atomic E-state index is 11.8. The van der Waals surface area contributed by atoms with E-state index in [0.29, 0.717) is 12.8 Å². The average Bonchev–Trinajstić information content (AvgIpc) is 2.88. The van der Waals surface area contributed by atoms with Crippen LogP contribution in [0.15, 0.2) is 41.0 Å². The molecule has 1 aliphatic rings. The van der Waals surface area contributed by atoms with E-state index >= 15 is 0 Å². The van der Waals surface area contributed by atoms with E-state index in [2.05, 4.69) is 26.3 Å². The normalized spacial score (nSPS) is 18.9. The number of carbonyl (C=O) groups is 2. The van der Waals surface area contributed by atoms with Gasteiger partial charge in [0.2, 0.25) is 5.91 Å². The molecule has 1 atom stereocenters. The molecule has 1 aromatic carbocycles. The van der Waals surface area contributed by atoms with Gasteiger partial charge in [0.05, 0.1) is 5.69 Å². The summed E-state index contributed by atoms with van der Waals surface area (Å²) in [5, 5.41) is 6.78. The summed E-state index contributed by atoms with van der Waals surface area (Å²) in [7, 11) is 0. The van der Waals surface area contributed by atoms with Gasteiger partial charge in [-0.05, 0) is 24.6 Å². The second-order valence-corrected chi connectivity index (χ2v) is 5.57. The lowest BCUT2D eigenvalue weighted by Gasteiger charge is -2.20. The van der Waals surface area contributed by atoms with Gasteiger partial charge < -0.3 is 0 Å². The minimum atomic E-state index is -0.409. The van der Waals surface area contributed by atoms with Crippen molar-refractivity contribution in [3.63, 3.8) is 0 Å². The van der Waals surface area contributed by atoms with E-state index in [1.165, 1.54) is 0 Å². The molecule has 1 fully saturated rings. The van der Waals surface area contributed by atoms with Gasteiger partial charge in [0.1, 0.15) is 6.04 Å². The molecular formula is C14H12BrN3O2. The minimum absolute atomic E-state index is 0.217. The molecule has 0 bridgehead atoms. The Bertz CT molecular complexity index is 681. The van der Waals surface area contributed by atoms with Crippen LogP contribution in [0.5, 0.6) is 0 Å². The number of rotatable bonds is 2. The van der Waals surface area contributed by atoms with Gasteiger partial charge >= 0.3 is 0 Å². The van der Waals surface area contributed by atoms with E-state index in [1.807, 2.05) is 30.3 Å². The van der Waals surface area contributed by atoms with Crippen molar-refractivity contribution in [2.24, 2.45) is 0 Å². The summed E-state index contributed by atoms with van der Waals surface area (Å²) in [4.78, 5) is 23.0. The van der Waals surface area contributed by atoms with E-state index in [1.54, 1.807) is 10.9 Å². The summed E-state index contributed by atoms with van der Waals surface area (Å²) in [5.74, 6) is -0.504. The van der Waals surface area contributed by atoms with Crippen molar-refractivity contribution < 1.29 is 9.59 Å². The second kappa shape index (κ2) is 5.20.